The maximum Gasteiger partial charge on any atom is 0.247 e. The quantitative estimate of drug-likeness (QED) is 0.292. The van der Waals surface area contributed by atoms with Gasteiger partial charge in [0.2, 0.25) is 17.7 Å². The summed E-state index contributed by atoms with van der Waals surface area (Å²) in [5, 5.41) is 10.7. The van der Waals surface area contributed by atoms with Crippen molar-refractivity contribution in [1.29, 1.82) is 0 Å². The number of likely N-dealkylation sites (tertiary alicyclic amines) is 1. The first kappa shape index (κ1) is 34.8. The van der Waals surface area contributed by atoms with Crippen LogP contribution in [0, 0.1) is 17.8 Å². The molecular formula is C38H49N3O5S. The molecule has 1 spiro atoms. The average Bonchev–Trinajstić information content (AvgIpc) is 3.65. The number of thioether (sulfide) groups is 1. The Hall–Kier alpha value is -3.56. The number of hydrogen-bond acceptors (Lipinski definition) is 6. The van der Waals surface area contributed by atoms with Crippen molar-refractivity contribution in [3.8, 4) is 5.75 Å². The number of hydrogen-bond donors (Lipinski definition) is 1. The number of ether oxygens (including phenoxy) is 1. The smallest absolute Gasteiger partial charge is 0.247 e. The fraction of sp³-hybridized carbons (Fsp3) is 0.500. The molecule has 3 heterocycles. The lowest BCUT2D eigenvalue weighted by molar-refractivity contribution is -0.148. The van der Waals surface area contributed by atoms with Crippen LogP contribution in [0.1, 0.15) is 46.6 Å². The molecule has 47 heavy (non-hydrogen) atoms. The zero-order valence-corrected chi connectivity index (χ0v) is 29.1. The Bertz CT molecular complexity index is 1470. The number of carbonyl (C=O) groups excluding carboxylic acids is 3. The zero-order chi connectivity index (χ0) is 34.1. The molecule has 2 aromatic carbocycles. The third-order valence-electron chi connectivity index (χ3n) is 10.0. The Morgan fingerprint density at radius 2 is 1.74 bits per heavy atom. The molecule has 252 valence electrons. The van der Waals surface area contributed by atoms with E-state index >= 15 is 4.79 Å². The molecule has 3 aliphatic rings. The lowest BCUT2D eigenvalue weighted by Crippen LogP contribution is -2.62. The number of benzene rings is 2. The molecule has 0 saturated carbocycles. The Balaban J connectivity index is 1.61. The monoisotopic (exact) mass is 659 g/mol. The number of aliphatic hydroxyl groups excluding tert-OH is 1. The summed E-state index contributed by atoms with van der Waals surface area (Å²) in [4.78, 5) is 49.9. The molecule has 8 nitrogen and oxygen atoms in total. The predicted molar refractivity (Wildman–Crippen MR) is 188 cm³/mol. The van der Waals surface area contributed by atoms with Crippen LogP contribution in [0.2, 0.25) is 0 Å². The molecular weight excluding hydrogens is 611 g/mol. The van der Waals surface area contributed by atoms with Crippen molar-refractivity contribution in [1.82, 2.24) is 9.80 Å². The van der Waals surface area contributed by atoms with Gasteiger partial charge >= 0.3 is 0 Å². The van der Waals surface area contributed by atoms with Gasteiger partial charge in [0.15, 0.2) is 0 Å². The van der Waals surface area contributed by atoms with Crippen LogP contribution in [-0.4, -0.2) is 86.6 Å². The minimum absolute atomic E-state index is 0.00519. The van der Waals surface area contributed by atoms with Gasteiger partial charge in [-0.15, -0.1) is 24.9 Å². The standard InChI is InChI=1S/C38H49N3O5S/c1-8-20-39(27-16-18-29(19-17-27)46-10-3)34(43)31-30-22-25(4)38(47-30)32(31)35(44)41(28(24-42)23-26-14-12-11-13-15-26)33(38)36(45)40(21-9-2)37(5,6)7/h8-9,11-19,25,28,30-33,42H,1-2,10,20-24H2,3-7H3/t25?,28-,30+,31-,32+,33?,38?/m1/s1. The largest absolute Gasteiger partial charge is 0.494 e. The van der Waals surface area contributed by atoms with Crippen molar-refractivity contribution in [2.75, 3.05) is 31.2 Å². The summed E-state index contributed by atoms with van der Waals surface area (Å²) < 4.78 is 4.80. The number of nitrogens with zero attached hydrogens (tertiary/aromatic N) is 3. The second-order valence-electron chi connectivity index (χ2n) is 13.9. The van der Waals surface area contributed by atoms with Crippen molar-refractivity contribution in [3.63, 3.8) is 0 Å². The van der Waals surface area contributed by atoms with E-state index in [1.807, 2.05) is 82.3 Å². The summed E-state index contributed by atoms with van der Waals surface area (Å²) in [6.45, 7) is 18.7. The fourth-order valence-corrected chi connectivity index (χ4v) is 10.4. The van der Waals surface area contributed by atoms with Gasteiger partial charge in [0.25, 0.3) is 0 Å². The Kier molecular flexibility index (Phi) is 10.3. The number of aliphatic hydroxyl groups is 1. The van der Waals surface area contributed by atoms with Crippen LogP contribution >= 0.6 is 11.8 Å². The molecule has 7 atom stereocenters. The number of fused-ring (bicyclic) bond motifs is 1. The summed E-state index contributed by atoms with van der Waals surface area (Å²) in [6.07, 6.45) is 4.52. The van der Waals surface area contributed by atoms with E-state index in [2.05, 4.69) is 20.1 Å². The van der Waals surface area contributed by atoms with Gasteiger partial charge in [-0.3, -0.25) is 14.4 Å². The van der Waals surface area contributed by atoms with E-state index in [4.69, 9.17) is 4.74 Å². The van der Waals surface area contributed by atoms with Gasteiger partial charge in [-0.1, -0.05) is 49.4 Å². The lowest BCUT2D eigenvalue weighted by Gasteiger charge is -2.45. The van der Waals surface area contributed by atoms with E-state index in [-0.39, 0.29) is 42.0 Å². The third kappa shape index (κ3) is 6.13. The number of carbonyl (C=O) groups is 3. The molecule has 9 heteroatoms. The molecule has 2 aromatic rings. The van der Waals surface area contributed by atoms with Crippen LogP contribution in [0.3, 0.4) is 0 Å². The van der Waals surface area contributed by atoms with Crippen molar-refractivity contribution < 1.29 is 24.2 Å². The van der Waals surface area contributed by atoms with Crippen molar-refractivity contribution in [2.45, 2.75) is 75.1 Å². The van der Waals surface area contributed by atoms with Crippen molar-refractivity contribution >= 4 is 35.2 Å². The second kappa shape index (κ2) is 13.9. The van der Waals surface area contributed by atoms with Gasteiger partial charge in [0.05, 0.1) is 35.8 Å². The van der Waals surface area contributed by atoms with Gasteiger partial charge < -0.3 is 24.5 Å². The minimum atomic E-state index is -0.846. The summed E-state index contributed by atoms with van der Waals surface area (Å²) in [5.41, 5.74) is 1.12. The third-order valence-corrected chi connectivity index (χ3v) is 12.1. The number of rotatable bonds is 13. The number of amides is 3. The minimum Gasteiger partial charge on any atom is -0.494 e. The lowest BCUT2D eigenvalue weighted by atomic mass is 9.65. The van der Waals surface area contributed by atoms with Gasteiger partial charge in [-0.25, -0.2) is 0 Å². The van der Waals surface area contributed by atoms with E-state index in [9.17, 15) is 14.7 Å². The highest BCUT2D eigenvalue weighted by molar-refractivity contribution is 8.02. The first-order valence-corrected chi connectivity index (χ1v) is 17.5. The first-order chi connectivity index (χ1) is 22.4. The Morgan fingerprint density at radius 1 is 1.09 bits per heavy atom. The van der Waals surface area contributed by atoms with Crippen LogP contribution in [0.15, 0.2) is 79.9 Å². The van der Waals surface area contributed by atoms with Crippen molar-refractivity contribution in [2.24, 2.45) is 17.8 Å². The van der Waals surface area contributed by atoms with E-state index in [0.29, 0.717) is 37.4 Å². The Morgan fingerprint density at radius 3 is 2.32 bits per heavy atom. The summed E-state index contributed by atoms with van der Waals surface area (Å²) in [7, 11) is 0. The van der Waals surface area contributed by atoms with Crippen LogP contribution in [-0.2, 0) is 20.8 Å². The summed E-state index contributed by atoms with van der Waals surface area (Å²) in [5.74, 6) is -1.17. The molecule has 3 saturated heterocycles. The van der Waals surface area contributed by atoms with E-state index in [1.165, 1.54) is 0 Å². The first-order valence-electron chi connectivity index (χ1n) is 16.7. The molecule has 1 N–H and O–H groups in total. The van der Waals surface area contributed by atoms with Gasteiger partial charge in [-0.05, 0) is 76.3 Å². The molecule has 0 aromatic heterocycles. The molecule has 0 radical (unpaired) electrons. The molecule has 3 unspecified atom stereocenters. The van der Waals surface area contributed by atoms with Gasteiger partial charge in [0, 0.05) is 29.6 Å². The summed E-state index contributed by atoms with van der Waals surface area (Å²) in [6, 6.07) is 15.6. The normalized spacial score (nSPS) is 26.9. The van der Waals surface area contributed by atoms with E-state index in [1.54, 1.807) is 38.6 Å². The molecule has 3 aliphatic heterocycles. The average molecular weight is 660 g/mol. The molecule has 5 rings (SSSR count). The van der Waals surface area contributed by atoms with Crippen LogP contribution < -0.4 is 9.64 Å². The molecule has 3 amide bonds. The highest BCUT2D eigenvalue weighted by Gasteiger charge is 2.77. The molecule has 3 fully saturated rings. The highest BCUT2D eigenvalue weighted by atomic mass is 32.2. The van der Waals surface area contributed by atoms with Gasteiger partial charge in [0.1, 0.15) is 11.8 Å². The second-order valence-corrected chi connectivity index (χ2v) is 15.4. The maximum atomic E-state index is 15.0. The number of anilines is 1. The van der Waals surface area contributed by atoms with Crippen molar-refractivity contribution in [3.05, 3.63) is 85.5 Å². The highest BCUT2D eigenvalue weighted by Crippen LogP contribution is 2.69. The molecule has 2 bridgehead atoms. The Labute approximate surface area is 283 Å². The topological polar surface area (TPSA) is 90.4 Å². The van der Waals surface area contributed by atoms with Crippen LogP contribution in [0.25, 0.3) is 0 Å². The van der Waals surface area contributed by atoms with E-state index < -0.39 is 34.2 Å². The maximum absolute atomic E-state index is 15.0. The van der Waals surface area contributed by atoms with E-state index in [0.717, 1.165) is 5.56 Å². The zero-order valence-electron chi connectivity index (χ0n) is 28.3. The fourth-order valence-electron chi connectivity index (χ4n) is 8.04. The summed E-state index contributed by atoms with van der Waals surface area (Å²) >= 11 is 1.65. The van der Waals surface area contributed by atoms with Crippen LogP contribution in [0.4, 0.5) is 5.69 Å². The van der Waals surface area contributed by atoms with Gasteiger partial charge in [-0.2, -0.15) is 0 Å². The predicted octanol–water partition coefficient (Wildman–Crippen LogP) is 5.36. The molecule has 0 aliphatic carbocycles. The van der Waals surface area contributed by atoms with Crippen LogP contribution in [0.5, 0.6) is 5.75 Å². The SMILES string of the molecule is C=CCN(C(=O)[C@@H]1[C@@H]2CC(C)C3(S2)C(C(=O)N(CC=C)C(C)(C)C)N([C@@H](CO)Cc2ccccc2)C(=O)[C@H]13)c1ccc(OCC)cc1.